The highest BCUT2D eigenvalue weighted by Crippen LogP contribution is 2.10. The van der Waals surface area contributed by atoms with Crippen LogP contribution < -0.4 is 16.1 Å². The Labute approximate surface area is 71.0 Å². The predicted molar refractivity (Wildman–Crippen MR) is 47.9 cm³/mol. The normalized spacial score (nSPS) is 10.2. The van der Waals surface area contributed by atoms with Crippen LogP contribution in [0.15, 0.2) is 29.4 Å². The molecule has 3 N–H and O–H groups in total. The number of nitrogens with one attached hydrogen (secondary N) is 1. The fourth-order valence-electron chi connectivity index (χ4n) is 0.834. The van der Waals surface area contributed by atoms with E-state index in [1.165, 1.54) is 0 Å². The monoisotopic (exact) mass is 165 g/mol. The molecule has 12 heavy (non-hydrogen) atoms. The van der Waals surface area contributed by atoms with Gasteiger partial charge >= 0.3 is 0 Å². The molecule has 1 aromatic rings. The molecule has 0 aliphatic carbocycles. The van der Waals surface area contributed by atoms with E-state index in [1.807, 2.05) is 24.3 Å². The SMILES string of the molecule is COc1cccc(/C=N/NN)c1. The largest absolute Gasteiger partial charge is 0.497 e. The van der Waals surface area contributed by atoms with Crippen molar-refractivity contribution in [3.8, 4) is 5.75 Å². The molecule has 0 aromatic heterocycles. The van der Waals surface area contributed by atoms with Gasteiger partial charge in [-0.25, -0.2) is 11.4 Å². The highest BCUT2D eigenvalue weighted by molar-refractivity contribution is 5.79. The first-order valence-electron chi connectivity index (χ1n) is 3.49. The molecule has 0 saturated heterocycles. The Bertz CT molecular complexity index is 273. The molecule has 0 aliphatic heterocycles. The molecule has 0 fully saturated rings. The van der Waals surface area contributed by atoms with Gasteiger partial charge in [-0.15, -0.1) is 0 Å². The molecule has 0 unspecified atom stereocenters. The summed E-state index contributed by atoms with van der Waals surface area (Å²) in [6, 6.07) is 7.52. The smallest absolute Gasteiger partial charge is 0.119 e. The fraction of sp³-hybridized carbons (Fsp3) is 0.125. The third-order valence-corrected chi connectivity index (χ3v) is 1.38. The molecular weight excluding hydrogens is 154 g/mol. The molecular formula is C8H11N3O. The van der Waals surface area contributed by atoms with Crippen LogP contribution in [0.2, 0.25) is 0 Å². The van der Waals surface area contributed by atoms with Gasteiger partial charge in [0.1, 0.15) is 5.75 Å². The van der Waals surface area contributed by atoms with Crippen LogP contribution in [0.3, 0.4) is 0 Å². The Balaban J connectivity index is 2.79. The molecule has 4 heteroatoms. The second-order valence-electron chi connectivity index (χ2n) is 2.16. The quantitative estimate of drug-likeness (QED) is 0.389. The lowest BCUT2D eigenvalue weighted by molar-refractivity contribution is 0.414. The van der Waals surface area contributed by atoms with Crippen molar-refractivity contribution in [3.63, 3.8) is 0 Å². The lowest BCUT2D eigenvalue weighted by Gasteiger charge is -1.98. The highest BCUT2D eigenvalue weighted by atomic mass is 16.5. The van der Waals surface area contributed by atoms with Gasteiger partial charge < -0.3 is 4.74 Å². The van der Waals surface area contributed by atoms with Crippen LogP contribution in [0.4, 0.5) is 0 Å². The molecule has 0 amide bonds. The van der Waals surface area contributed by atoms with E-state index in [0.29, 0.717) is 0 Å². The number of ether oxygens (including phenoxy) is 1. The minimum atomic E-state index is 0.802. The summed E-state index contributed by atoms with van der Waals surface area (Å²) in [6.07, 6.45) is 1.61. The summed E-state index contributed by atoms with van der Waals surface area (Å²) in [5.41, 5.74) is 3.12. The Morgan fingerprint density at radius 2 is 2.42 bits per heavy atom. The topological polar surface area (TPSA) is 59.6 Å². The second kappa shape index (κ2) is 4.35. The molecule has 0 aliphatic rings. The zero-order valence-corrected chi connectivity index (χ0v) is 6.82. The molecule has 1 rings (SSSR count). The van der Waals surface area contributed by atoms with Crippen LogP contribution in [-0.4, -0.2) is 13.3 Å². The number of hydrazone groups is 1. The Morgan fingerprint density at radius 3 is 3.08 bits per heavy atom. The summed E-state index contributed by atoms with van der Waals surface area (Å²) >= 11 is 0. The van der Waals surface area contributed by atoms with Crippen molar-refractivity contribution in [2.75, 3.05) is 7.11 Å². The second-order valence-corrected chi connectivity index (χ2v) is 2.16. The first-order chi connectivity index (χ1) is 5.86. The maximum absolute atomic E-state index is 5.02. The van der Waals surface area contributed by atoms with Crippen LogP contribution in [0.25, 0.3) is 0 Å². The fourth-order valence-corrected chi connectivity index (χ4v) is 0.834. The van der Waals surface area contributed by atoms with Crippen molar-refractivity contribution in [2.45, 2.75) is 0 Å². The molecule has 0 heterocycles. The molecule has 0 atom stereocenters. The van der Waals surface area contributed by atoms with Crippen molar-refractivity contribution in [1.82, 2.24) is 5.53 Å². The number of nitrogens with zero attached hydrogens (tertiary/aromatic N) is 1. The van der Waals surface area contributed by atoms with Crippen LogP contribution >= 0.6 is 0 Å². The molecule has 0 radical (unpaired) electrons. The van der Waals surface area contributed by atoms with E-state index in [1.54, 1.807) is 13.3 Å². The van der Waals surface area contributed by atoms with Gasteiger partial charge in [-0.1, -0.05) is 12.1 Å². The van der Waals surface area contributed by atoms with Crippen LogP contribution in [0, 0.1) is 0 Å². The van der Waals surface area contributed by atoms with E-state index in [4.69, 9.17) is 10.6 Å². The van der Waals surface area contributed by atoms with Crippen LogP contribution in [-0.2, 0) is 0 Å². The number of hydrazine groups is 1. The van der Waals surface area contributed by atoms with Gasteiger partial charge in [0.25, 0.3) is 0 Å². The zero-order chi connectivity index (χ0) is 8.81. The number of nitrogens with two attached hydrogens (primary N) is 1. The van der Waals surface area contributed by atoms with Gasteiger partial charge in [0.05, 0.1) is 13.3 Å². The first kappa shape index (κ1) is 8.55. The van der Waals surface area contributed by atoms with E-state index < -0.39 is 0 Å². The number of rotatable bonds is 3. The Morgan fingerprint density at radius 1 is 1.58 bits per heavy atom. The Hall–Kier alpha value is -1.55. The van der Waals surface area contributed by atoms with Crippen LogP contribution in [0.1, 0.15) is 5.56 Å². The van der Waals surface area contributed by atoms with Gasteiger partial charge in [0.15, 0.2) is 0 Å². The summed E-state index contributed by atoms with van der Waals surface area (Å²) in [4.78, 5) is 0. The molecule has 4 nitrogen and oxygen atoms in total. The number of benzene rings is 1. The van der Waals surface area contributed by atoms with E-state index in [9.17, 15) is 0 Å². The van der Waals surface area contributed by atoms with Crippen LogP contribution in [0.5, 0.6) is 5.75 Å². The number of hydrogen-bond donors (Lipinski definition) is 2. The van der Waals surface area contributed by atoms with E-state index in [2.05, 4.69) is 10.6 Å². The third kappa shape index (κ3) is 2.25. The summed E-state index contributed by atoms with van der Waals surface area (Å²) in [5, 5.41) is 3.66. The summed E-state index contributed by atoms with van der Waals surface area (Å²) in [7, 11) is 1.62. The van der Waals surface area contributed by atoms with Gasteiger partial charge in [0, 0.05) is 0 Å². The standard InChI is InChI=1S/C8H11N3O/c1-12-8-4-2-3-7(5-8)6-10-11-9/h2-6,11H,9H2,1H3/b10-6+. The molecule has 0 bridgehead atoms. The lowest BCUT2D eigenvalue weighted by Crippen LogP contribution is -2.13. The van der Waals surface area contributed by atoms with Crippen molar-refractivity contribution < 1.29 is 4.74 Å². The molecule has 1 aromatic carbocycles. The third-order valence-electron chi connectivity index (χ3n) is 1.38. The first-order valence-corrected chi connectivity index (χ1v) is 3.49. The van der Waals surface area contributed by atoms with Gasteiger partial charge in [-0.05, 0) is 17.7 Å². The van der Waals surface area contributed by atoms with Gasteiger partial charge in [0.2, 0.25) is 0 Å². The molecule has 0 spiro atoms. The van der Waals surface area contributed by atoms with Crippen molar-refractivity contribution in [2.24, 2.45) is 10.9 Å². The summed E-state index contributed by atoms with van der Waals surface area (Å²) in [6.45, 7) is 0. The predicted octanol–water partition coefficient (Wildman–Crippen LogP) is 0.492. The minimum absolute atomic E-state index is 0.802. The van der Waals surface area contributed by atoms with E-state index >= 15 is 0 Å². The summed E-state index contributed by atoms with van der Waals surface area (Å²) < 4.78 is 5.02. The van der Waals surface area contributed by atoms with Gasteiger partial charge in [-0.3, -0.25) is 0 Å². The van der Waals surface area contributed by atoms with E-state index in [-0.39, 0.29) is 0 Å². The summed E-state index contributed by atoms with van der Waals surface area (Å²) in [5.74, 6) is 5.77. The van der Waals surface area contributed by atoms with Crippen molar-refractivity contribution >= 4 is 6.21 Å². The average Bonchev–Trinajstić information content (AvgIpc) is 2.15. The maximum Gasteiger partial charge on any atom is 0.119 e. The number of hydrogen-bond acceptors (Lipinski definition) is 4. The molecule has 0 saturated carbocycles. The van der Waals surface area contributed by atoms with E-state index in [0.717, 1.165) is 11.3 Å². The average molecular weight is 165 g/mol. The molecule has 64 valence electrons. The highest BCUT2D eigenvalue weighted by Gasteiger charge is 1.90. The maximum atomic E-state index is 5.02. The zero-order valence-electron chi connectivity index (χ0n) is 6.82. The lowest BCUT2D eigenvalue weighted by atomic mass is 10.2. The number of methoxy groups -OCH3 is 1. The van der Waals surface area contributed by atoms with Gasteiger partial charge in [-0.2, -0.15) is 5.10 Å². The Kier molecular flexibility index (Phi) is 3.10. The van der Waals surface area contributed by atoms with Crippen molar-refractivity contribution in [1.29, 1.82) is 0 Å². The van der Waals surface area contributed by atoms with Crippen molar-refractivity contribution in [3.05, 3.63) is 29.8 Å². The minimum Gasteiger partial charge on any atom is -0.497 e.